The highest BCUT2D eigenvalue weighted by Gasteiger charge is 2.26. The third-order valence-electron chi connectivity index (χ3n) is 6.45. The Labute approximate surface area is 208 Å². The van der Waals surface area contributed by atoms with Crippen LogP contribution in [-0.4, -0.2) is 36.5 Å². The summed E-state index contributed by atoms with van der Waals surface area (Å²) in [7, 11) is 0. The van der Waals surface area contributed by atoms with Crippen LogP contribution in [0.3, 0.4) is 0 Å². The van der Waals surface area contributed by atoms with Crippen molar-refractivity contribution in [2.24, 2.45) is 0 Å². The fourth-order valence-corrected chi connectivity index (χ4v) is 4.94. The van der Waals surface area contributed by atoms with Crippen molar-refractivity contribution < 1.29 is 9.59 Å². The SMILES string of the molecule is O=C(Nc1ccc(Br)cc1)Nc1ccc(N2CCc3ccccc3C2)c(C(=O)N2CCCC2)c1. The van der Waals surface area contributed by atoms with Crippen LogP contribution in [0.25, 0.3) is 0 Å². The monoisotopic (exact) mass is 518 g/mol. The predicted octanol–water partition coefficient (Wildman–Crippen LogP) is 5.89. The Morgan fingerprint density at radius 3 is 2.24 bits per heavy atom. The second-order valence-corrected chi connectivity index (χ2v) is 9.67. The Hall–Kier alpha value is -3.32. The van der Waals surface area contributed by atoms with Gasteiger partial charge in [0.15, 0.2) is 0 Å². The fourth-order valence-electron chi connectivity index (χ4n) is 4.68. The molecule has 6 nitrogen and oxygen atoms in total. The molecule has 2 heterocycles. The molecular formula is C27H27BrN4O2. The van der Waals surface area contributed by atoms with Crippen LogP contribution in [0.5, 0.6) is 0 Å². The summed E-state index contributed by atoms with van der Waals surface area (Å²) < 4.78 is 0.944. The number of nitrogens with zero attached hydrogens (tertiary/aromatic N) is 2. The summed E-state index contributed by atoms with van der Waals surface area (Å²) in [5.41, 5.74) is 5.52. The van der Waals surface area contributed by atoms with E-state index >= 15 is 0 Å². The molecule has 0 aromatic heterocycles. The molecule has 3 aromatic carbocycles. The normalized spacial score (nSPS) is 15.1. The zero-order valence-corrected chi connectivity index (χ0v) is 20.5. The molecule has 1 fully saturated rings. The Bertz CT molecular complexity index is 1210. The minimum absolute atomic E-state index is 0.0309. The summed E-state index contributed by atoms with van der Waals surface area (Å²) in [5.74, 6) is 0.0309. The van der Waals surface area contributed by atoms with Gasteiger partial charge in [-0.3, -0.25) is 4.79 Å². The number of amides is 3. The van der Waals surface area contributed by atoms with Crippen LogP contribution in [0.1, 0.15) is 34.3 Å². The average Bonchev–Trinajstić information content (AvgIpc) is 3.40. The molecular weight excluding hydrogens is 492 g/mol. The first kappa shape index (κ1) is 22.5. The van der Waals surface area contributed by atoms with E-state index in [1.165, 1.54) is 11.1 Å². The molecule has 0 aliphatic carbocycles. The lowest BCUT2D eigenvalue weighted by Gasteiger charge is -2.33. The van der Waals surface area contributed by atoms with Gasteiger partial charge in [-0.15, -0.1) is 0 Å². The van der Waals surface area contributed by atoms with Gasteiger partial charge in [0.25, 0.3) is 5.91 Å². The number of likely N-dealkylation sites (tertiary alicyclic amines) is 1. The largest absolute Gasteiger partial charge is 0.366 e. The first-order chi connectivity index (χ1) is 16.6. The lowest BCUT2D eigenvalue weighted by atomic mass is 9.98. The second kappa shape index (κ2) is 9.89. The average molecular weight is 519 g/mol. The van der Waals surface area contributed by atoms with Crippen LogP contribution in [0.4, 0.5) is 21.9 Å². The van der Waals surface area contributed by atoms with Crippen molar-refractivity contribution in [1.82, 2.24) is 4.90 Å². The fraction of sp³-hybridized carbons (Fsp3) is 0.259. The van der Waals surface area contributed by atoms with Crippen LogP contribution in [0.15, 0.2) is 71.2 Å². The number of anilines is 3. The molecule has 2 aliphatic heterocycles. The number of carbonyl (C=O) groups excluding carboxylic acids is 2. The van der Waals surface area contributed by atoms with Crippen molar-refractivity contribution in [3.05, 3.63) is 87.9 Å². The van der Waals surface area contributed by atoms with Gasteiger partial charge in [-0.1, -0.05) is 40.2 Å². The number of urea groups is 1. The van der Waals surface area contributed by atoms with Gasteiger partial charge in [-0.05, 0) is 72.9 Å². The molecule has 2 N–H and O–H groups in total. The van der Waals surface area contributed by atoms with Crippen molar-refractivity contribution in [2.75, 3.05) is 35.2 Å². The van der Waals surface area contributed by atoms with Gasteiger partial charge < -0.3 is 20.4 Å². The molecule has 174 valence electrons. The molecule has 1 saturated heterocycles. The molecule has 0 spiro atoms. The van der Waals surface area contributed by atoms with Crippen molar-refractivity contribution >= 4 is 44.9 Å². The van der Waals surface area contributed by atoms with Gasteiger partial charge in [0.2, 0.25) is 0 Å². The molecule has 3 amide bonds. The molecule has 2 aliphatic rings. The molecule has 5 rings (SSSR count). The molecule has 0 unspecified atom stereocenters. The van der Waals surface area contributed by atoms with E-state index in [4.69, 9.17) is 0 Å². The van der Waals surface area contributed by atoms with Gasteiger partial charge >= 0.3 is 6.03 Å². The highest BCUT2D eigenvalue weighted by molar-refractivity contribution is 9.10. The number of nitrogens with one attached hydrogen (secondary N) is 2. The van der Waals surface area contributed by atoms with Crippen LogP contribution in [0.2, 0.25) is 0 Å². The summed E-state index contributed by atoms with van der Waals surface area (Å²) >= 11 is 3.40. The van der Waals surface area contributed by atoms with E-state index in [1.807, 2.05) is 47.4 Å². The van der Waals surface area contributed by atoms with Gasteiger partial charge in [0, 0.05) is 47.7 Å². The van der Waals surface area contributed by atoms with Gasteiger partial charge in [-0.25, -0.2) is 4.79 Å². The quantitative estimate of drug-likeness (QED) is 0.452. The second-order valence-electron chi connectivity index (χ2n) is 8.76. The van der Waals surface area contributed by atoms with Crippen molar-refractivity contribution in [2.45, 2.75) is 25.8 Å². The molecule has 7 heteroatoms. The minimum atomic E-state index is -0.346. The minimum Gasteiger partial charge on any atom is -0.366 e. The van der Waals surface area contributed by atoms with E-state index in [-0.39, 0.29) is 11.9 Å². The Morgan fingerprint density at radius 2 is 1.47 bits per heavy atom. The number of fused-ring (bicyclic) bond motifs is 1. The van der Waals surface area contributed by atoms with E-state index in [0.717, 1.165) is 55.6 Å². The number of hydrogen-bond donors (Lipinski definition) is 2. The first-order valence-electron chi connectivity index (χ1n) is 11.7. The third kappa shape index (κ3) is 4.94. The van der Waals surface area contributed by atoms with Gasteiger partial charge in [0.05, 0.1) is 5.56 Å². The summed E-state index contributed by atoms with van der Waals surface area (Å²) in [5, 5.41) is 5.72. The number of hydrogen-bond acceptors (Lipinski definition) is 3. The number of carbonyl (C=O) groups is 2. The van der Waals surface area contributed by atoms with E-state index < -0.39 is 0 Å². The maximum absolute atomic E-state index is 13.5. The molecule has 0 radical (unpaired) electrons. The summed E-state index contributed by atoms with van der Waals surface area (Å²) in [6.45, 7) is 3.19. The number of halogens is 1. The lowest BCUT2D eigenvalue weighted by Crippen LogP contribution is -2.34. The third-order valence-corrected chi connectivity index (χ3v) is 6.98. The van der Waals surface area contributed by atoms with E-state index in [9.17, 15) is 9.59 Å². The van der Waals surface area contributed by atoms with E-state index in [2.05, 4.69) is 55.7 Å². The molecule has 0 atom stereocenters. The first-order valence-corrected chi connectivity index (χ1v) is 12.4. The molecule has 0 bridgehead atoms. The van der Waals surface area contributed by atoms with Crippen LogP contribution >= 0.6 is 15.9 Å². The Morgan fingerprint density at radius 1 is 0.794 bits per heavy atom. The van der Waals surface area contributed by atoms with E-state index in [0.29, 0.717) is 16.9 Å². The maximum atomic E-state index is 13.5. The van der Waals surface area contributed by atoms with Crippen molar-refractivity contribution in [3.63, 3.8) is 0 Å². The maximum Gasteiger partial charge on any atom is 0.323 e. The van der Waals surface area contributed by atoms with Crippen LogP contribution < -0.4 is 15.5 Å². The summed E-state index contributed by atoms with van der Waals surface area (Å²) in [4.78, 5) is 30.3. The molecule has 3 aromatic rings. The predicted molar refractivity (Wildman–Crippen MR) is 140 cm³/mol. The Kier molecular flexibility index (Phi) is 6.54. The number of rotatable bonds is 4. The molecule has 0 saturated carbocycles. The zero-order valence-electron chi connectivity index (χ0n) is 18.9. The zero-order chi connectivity index (χ0) is 23.5. The summed E-state index contributed by atoms with van der Waals surface area (Å²) in [6.07, 6.45) is 3.01. The smallest absolute Gasteiger partial charge is 0.323 e. The van der Waals surface area contributed by atoms with Crippen molar-refractivity contribution in [3.8, 4) is 0 Å². The van der Waals surface area contributed by atoms with Crippen LogP contribution in [0, 0.1) is 0 Å². The van der Waals surface area contributed by atoms with Gasteiger partial charge in [-0.2, -0.15) is 0 Å². The highest BCUT2D eigenvalue weighted by Crippen LogP contribution is 2.31. The number of benzene rings is 3. The standard InChI is InChI=1S/C27H27BrN4O2/c28-21-7-9-22(10-8-21)29-27(34)30-23-11-12-25(24(17-23)26(33)31-14-3-4-15-31)32-16-13-19-5-1-2-6-20(19)18-32/h1-2,5-12,17H,3-4,13-16,18H2,(H2,29,30,34). The topological polar surface area (TPSA) is 64.7 Å². The van der Waals surface area contributed by atoms with E-state index in [1.54, 1.807) is 0 Å². The summed E-state index contributed by atoms with van der Waals surface area (Å²) in [6, 6.07) is 21.2. The molecule has 34 heavy (non-hydrogen) atoms. The Balaban J connectivity index is 1.40. The van der Waals surface area contributed by atoms with Crippen molar-refractivity contribution in [1.29, 1.82) is 0 Å². The van der Waals surface area contributed by atoms with Crippen LogP contribution in [-0.2, 0) is 13.0 Å². The highest BCUT2D eigenvalue weighted by atomic mass is 79.9. The lowest BCUT2D eigenvalue weighted by molar-refractivity contribution is 0.0793. The van der Waals surface area contributed by atoms with Gasteiger partial charge in [0.1, 0.15) is 0 Å².